The van der Waals surface area contributed by atoms with Gasteiger partial charge in [0, 0.05) is 0 Å². The molecule has 0 aromatic heterocycles. The van der Waals surface area contributed by atoms with Gasteiger partial charge in [-0.2, -0.15) is 13.2 Å². The molecule has 0 saturated heterocycles. The minimum atomic E-state index is -4.45. The Morgan fingerprint density at radius 3 is 1.90 bits per heavy atom. The molecule has 2 rings (SSSR count). The summed E-state index contributed by atoms with van der Waals surface area (Å²) in [6.45, 7) is -0.593. The monoisotopic (exact) mass is 282 g/mol. The average Bonchev–Trinajstić information content (AvgIpc) is 2.45. The molecule has 0 spiro atoms. The van der Waals surface area contributed by atoms with E-state index in [4.69, 9.17) is 10.2 Å². The molecule has 2 nitrogen and oxygen atoms in total. The molecule has 0 aliphatic carbocycles. The Hall–Kier alpha value is -1.85. The lowest BCUT2D eigenvalue weighted by Crippen LogP contribution is -2.07. The van der Waals surface area contributed by atoms with Gasteiger partial charge in [0.25, 0.3) is 0 Å². The third-order valence-electron chi connectivity index (χ3n) is 2.96. The quantitative estimate of drug-likeness (QED) is 0.906. The van der Waals surface area contributed by atoms with Gasteiger partial charge in [-0.3, -0.25) is 0 Å². The number of aliphatic hydroxyl groups is 2. The summed E-state index contributed by atoms with van der Waals surface area (Å²) in [4.78, 5) is 0. The lowest BCUT2D eigenvalue weighted by Gasteiger charge is -2.14. The van der Waals surface area contributed by atoms with Gasteiger partial charge in [-0.25, -0.2) is 0 Å². The van der Waals surface area contributed by atoms with Crippen molar-refractivity contribution >= 4 is 0 Å². The van der Waals surface area contributed by atoms with Crippen molar-refractivity contribution in [3.63, 3.8) is 0 Å². The molecule has 0 amide bonds. The molecule has 2 aromatic rings. The average molecular weight is 282 g/mol. The van der Waals surface area contributed by atoms with Crippen LogP contribution in [0.1, 0.15) is 16.7 Å². The lowest BCUT2D eigenvalue weighted by molar-refractivity contribution is -0.137. The molecule has 0 radical (unpaired) electrons. The van der Waals surface area contributed by atoms with E-state index in [-0.39, 0.29) is 18.8 Å². The first-order valence-corrected chi connectivity index (χ1v) is 5.97. The highest BCUT2D eigenvalue weighted by molar-refractivity contribution is 5.69. The largest absolute Gasteiger partial charge is 0.417 e. The van der Waals surface area contributed by atoms with Crippen molar-refractivity contribution < 1.29 is 23.4 Å². The summed E-state index contributed by atoms with van der Waals surface area (Å²) < 4.78 is 39.0. The van der Waals surface area contributed by atoms with E-state index in [1.165, 1.54) is 30.3 Å². The fraction of sp³-hybridized carbons (Fsp3) is 0.200. The Morgan fingerprint density at radius 1 is 0.850 bits per heavy atom. The Morgan fingerprint density at radius 2 is 1.40 bits per heavy atom. The summed E-state index contributed by atoms with van der Waals surface area (Å²) >= 11 is 0. The molecule has 0 bridgehead atoms. The predicted octanol–water partition coefficient (Wildman–Crippen LogP) is 3.36. The van der Waals surface area contributed by atoms with Gasteiger partial charge in [0.05, 0.1) is 18.8 Å². The summed E-state index contributed by atoms with van der Waals surface area (Å²) in [7, 11) is 0. The van der Waals surface area contributed by atoms with Crippen LogP contribution in [0.3, 0.4) is 0 Å². The molecular formula is C15H13F3O2. The Labute approximate surface area is 114 Å². The van der Waals surface area contributed by atoms with Gasteiger partial charge in [-0.05, 0) is 40.5 Å². The number of alkyl halides is 3. The molecule has 2 N–H and O–H groups in total. The summed E-state index contributed by atoms with van der Waals surface area (Å²) in [5.41, 5.74) is 0.546. The van der Waals surface area contributed by atoms with E-state index in [2.05, 4.69) is 0 Å². The van der Waals surface area contributed by atoms with Crippen molar-refractivity contribution in [2.45, 2.75) is 19.4 Å². The zero-order valence-corrected chi connectivity index (χ0v) is 10.5. The SMILES string of the molecule is OCc1cc(CO)cc(-c2ccccc2C(F)(F)F)c1. The Bertz CT molecular complexity index is 584. The highest BCUT2D eigenvalue weighted by Gasteiger charge is 2.33. The van der Waals surface area contributed by atoms with Gasteiger partial charge in [-0.15, -0.1) is 0 Å². The maximum Gasteiger partial charge on any atom is 0.417 e. The van der Waals surface area contributed by atoms with Crippen LogP contribution in [0, 0.1) is 0 Å². The highest BCUT2D eigenvalue weighted by Crippen LogP contribution is 2.37. The fourth-order valence-corrected chi connectivity index (χ4v) is 2.08. The summed E-state index contributed by atoms with van der Waals surface area (Å²) in [5.74, 6) is 0. The number of rotatable bonds is 3. The molecule has 0 unspecified atom stereocenters. The van der Waals surface area contributed by atoms with E-state index in [0.29, 0.717) is 16.7 Å². The number of benzene rings is 2. The Balaban J connectivity index is 2.62. The second kappa shape index (κ2) is 5.64. The molecule has 0 saturated carbocycles. The summed E-state index contributed by atoms with van der Waals surface area (Å²) in [5, 5.41) is 18.3. The van der Waals surface area contributed by atoms with Crippen LogP contribution in [0.5, 0.6) is 0 Å². The van der Waals surface area contributed by atoms with Crippen LogP contribution in [-0.2, 0) is 19.4 Å². The van der Waals surface area contributed by atoms with Crippen LogP contribution in [0.25, 0.3) is 11.1 Å². The van der Waals surface area contributed by atoms with Gasteiger partial charge >= 0.3 is 6.18 Å². The normalized spacial score (nSPS) is 11.7. The molecule has 20 heavy (non-hydrogen) atoms. The topological polar surface area (TPSA) is 40.5 Å². The van der Waals surface area contributed by atoms with Crippen LogP contribution in [0.4, 0.5) is 13.2 Å². The number of aliphatic hydroxyl groups excluding tert-OH is 2. The van der Waals surface area contributed by atoms with Crippen molar-refractivity contribution in [3.05, 3.63) is 59.2 Å². The summed E-state index contributed by atoms with van der Waals surface area (Å²) in [6, 6.07) is 9.77. The van der Waals surface area contributed by atoms with E-state index in [1.807, 2.05) is 0 Å². The van der Waals surface area contributed by atoms with Crippen LogP contribution < -0.4 is 0 Å². The first-order chi connectivity index (χ1) is 9.45. The number of hydrogen-bond donors (Lipinski definition) is 2. The molecule has 0 aliphatic heterocycles. The van der Waals surface area contributed by atoms with E-state index in [1.54, 1.807) is 6.07 Å². The fourth-order valence-electron chi connectivity index (χ4n) is 2.08. The van der Waals surface area contributed by atoms with Crippen molar-refractivity contribution in [1.29, 1.82) is 0 Å². The van der Waals surface area contributed by atoms with Crippen molar-refractivity contribution in [1.82, 2.24) is 0 Å². The zero-order chi connectivity index (χ0) is 14.8. The molecule has 0 heterocycles. The molecule has 0 atom stereocenters. The molecule has 0 fully saturated rings. The van der Waals surface area contributed by atoms with Crippen molar-refractivity contribution in [2.75, 3.05) is 0 Å². The Kier molecular flexibility index (Phi) is 4.11. The first-order valence-electron chi connectivity index (χ1n) is 5.97. The zero-order valence-electron chi connectivity index (χ0n) is 10.5. The molecule has 0 aliphatic rings. The third kappa shape index (κ3) is 3.00. The van der Waals surface area contributed by atoms with E-state index in [9.17, 15) is 13.2 Å². The van der Waals surface area contributed by atoms with Crippen LogP contribution in [0.2, 0.25) is 0 Å². The second-order valence-electron chi connectivity index (χ2n) is 4.40. The van der Waals surface area contributed by atoms with Crippen molar-refractivity contribution in [3.8, 4) is 11.1 Å². The smallest absolute Gasteiger partial charge is 0.392 e. The van der Waals surface area contributed by atoms with Gasteiger partial charge < -0.3 is 10.2 Å². The maximum atomic E-state index is 13.0. The van der Waals surface area contributed by atoms with Gasteiger partial charge in [-0.1, -0.05) is 24.3 Å². The van der Waals surface area contributed by atoms with Crippen LogP contribution in [0.15, 0.2) is 42.5 Å². The third-order valence-corrected chi connectivity index (χ3v) is 2.96. The highest BCUT2D eigenvalue weighted by atomic mass is 19.4. The van der Waals surface area contributed by atoms with E-state index in [0.717, 1.165) is 6.07 Å². The molecular weight excluding hydrogens is 269 g/mol. The van der Waals surface area contributed by atoms with Gasteiger partial charge in [0.2, 0.25) is 0 Å². The molecule has 5 heteroatoms. The number of halogens is 3. The predicted molar refractivity (Wildman–Crippen MR) is 68.7 cm³/mol. The maximum absolute atomic E-state index is 13.0. The van der Waals surface area contributed by atoms with Gasteiger partial charge in [0.15, 0.2) is 0 Å². The second-order valence-corrected chi connectivity index (χ2v) is 4.40. The first kappa shape index (κ1) is 14.6. The minimum absolute atomic E-state index is 0.0324. The van der Waals surface area contributed by atoms with Crippen LogP contribution in [-0.4, -0.2) is 10.2 Å². The standard InChI is InChI=1S/C15H13F3O2/c16-15(17,18)14-4-2-1-3-13(14)12-6-10(8-19)5-11(7-12)9-20/h1-7,19-20H,8-9H2. The van der Waals surface area contributed by atoms with Gasteiger partial charge in [0.1, 0.15) is 0 Å². The van der Waals surface area contributed by atoms with E-state index < -0.39 is 11.7 Å². The lowest BCUT2D eigenvalue weighted by atomic mass is 9.96. The minimum Gasteiger partial charge on any atom is -0.392 e. The number of hydrogen-bond acceptors (Lipinski definition) is 2. The molecule has 2 aromatic carbocycles. The molecule has 106 valence electrons. The van der Waals surface area contributed by atoms with Crippen molar-refractivity contribution in [2.24, 2.45) is 0 Å². The summed E-state index contributed by atoms with van der Waals surface area (Å²) in [6.07, 6.45) is -4.45. The van der Waals surface area contributed by atoms with Crippen LogP contribution >= 0.6 is 0 Å². The van der Waals surface area contributed by atoms with E-state index >= 15 is 0 Å².